The number of nitrogens with zero attached hydrogens (tertiary/aromatic N) is 2. The fourth-order valence-electron chi connectivity index (χ4n) is 3.80. The highest BCUT2D eigenvalue weighted by atomic mass is 35.5. The van der Waals surface area contributed by atoms with Crippen LogP contribution in [0.2, 0.25) is 5.02 Å². The molecule has 138 valence electrons. The maximum atomic E-state index is 6.03. The third kappa shape index (κ3) is 3.62. The van der Waals surface area contributed by atoms with Crippen LogP contribution in [-0.2, 0) is 11.8 Å². The van der Waals surface area contributed by atoms with E-state index >= 15 is 0 Å². The fourth-order valence-corrected chi connectivity index (χ4v) is 3.92. The van der Waals surface area contributed by atoms with Crippen molar-refractivity contribution in [2.24, 2.45) is 0 Å². The number of benzene rings is 2. The SMILES string of the molecule is Cc1c(Nc2ccnc(N)n2)ccc(C2(Cc3ccc(Cl)cc3)CC2)c1C. The van der Waals surface area contributed by atoms with Crippen LogP contribution in [0.5, 0.6) is 0 Å². The Bertz CT molecular complexity index is 978. The molecule has 1 aromatic heterocycles. The molecule has 1 aliphatic carbocycles. The second kappa shape index (κ2) is 6.86. The van der Waals surface area contributed by atoms with Gasteiger partial charge in [-0.2, -0.15) is 4.98 Å². The lowest BCUT2D eigenvalue weighted by molar-refractivity contribution is 0.681. The third-order valence-electron chi connectivity index (χ3n) is 5.60. The zero-order valence-electron chi connectivity index (χ0n) is 15.6. The van der Waals surface area contributed by atoms with Gasteiger partial charge in [0.2, 0.25) is 5.95 Å². The van der Waals surface area contributed by atoms with Gasteiger partial charge >= 0.3 is 0 Å². The lowest BCUT2D eigenvalue weighted by Crippen LogP contribution is -2.13. The van der Waals surface area contributed by atoms with E-state index < -0.39 is 0 Å². The molecule has 0 atom stereocenters. The summed E-state index contributed by atoms with van der Waals surface area (Å²) in [5.74, 6) is 0.978. The summed E-state index contributed by atoms with van der Waals surface area (Å²) in [5.41, 5.74) is 12.4. The molecule has 5 heteroatoms. The summed E-state index contributed by atoms with van der Waals surface area (Å²) in [5, 5.41) is 4.15. The predicted octanol–water partition coefficient (Wildman–Crippen LogP) is 5.35. The van der Waals surface area contributed by atoms with Crippen LogP contribution >= 0.6 is 11.6 Å². The monoisotopic (exact) mass is 378 g/mol. The molecule has 0 bridgehead atoms. The van der Waals surface area contributed by atoms with E-state index in [-0.39, 0.29) is 11.4 Å². The van der Waals surface area contributed by atoms with Crippen LogP contribution < -0.4 is 11.1 Å². The van der Waals surface area contributed by atoms with Gasteiger partial charge in [0.15, 0.2) is 0 Å². The molecule has 1 fully saturated rings. The Hall–Kier alpha value is -2.59. The summed E-state index contributed by atoms with van der Waals surface area (Å²) < 4.78 is 0. The molecule has 1 heterocycles. The molecule has 1 aliphatic rings. The van der Waals surface area contributed by atoms with E-state index in [0.717, 1.165) is 17.1 Å². The van der Waals surface area contributed by atoms with Crippen molar-refractivity contribution in [3.05, 3.63) is 75.9 Å². The van der Waals surface area contributed by atoms with E-state index in [1.54, 1.807) is 6.20 Å². The van der Waals surface area contributed by atoms with Gasteiger partial charge < -0.3 is 11.1 Å². The summed E-state index contributed by atoms with van der Waals surface area (Å²) in [6.45, 7) is 4.37. The average molecular weight is 379 g/mol. The second-order valence-electron chi connectivity index (χ2n) is 7.42. The van der Waals surface area contributed by atoms with Gasteiger partial charge in [-0.1, -0.05) is 29.8 Å². The predicted molar refractivity (Wildman–Crippen MR) is 112 cm³/mol. The number of nitrogens with two attached hydrogens (primary N) is 1. The molecule has 0 amide bonds. The molecule has 0 spiro atoms. The van der Waals surface area contributed by atoms with E-state index in [1.807, 2.05) is 18.2 Å². The van der Waals surface area contributed by atoms with Crippen LogP contribution in [-0.4, -0.2) is 9.97 Å². The molecule has 0 radical (unpaired) electrons. The number of aromatic nitrogens is 2. The van der Waals surface area contributed by atoms with E-state index in [0.29, 0.717) is 5.82 Å². The molecular weight excluding hydrogens is 356 g/mol. The van der Waals surface area contributed by atoms with Gasteiger partial charge in [0, 0.05) is 16.9 Å². The molecule has 0 unspecified atom stereocenters. The maximum absolute atomic E-state index is 6.03. The Morgan fingerprint density at radius 1 is 1.04 bits per heavy atom. The first-order valence-electron chi connectivity index (χ1n) is 9.17. The summed E-state index contributed by atoms with van der Waals surface area (Å²) in [4.78, 5) is 8.17. The smallest absolute Gasteiger partial charge is 0.221 e. The molecular formula is C22H23ClN4. The lowest BCUT2D eigenvalue weighted by atomic mass is 9.84. The van der Waals surface area contributed by atoms with Gasteiger partial charge in [0.05, 0.1) is 0 Å². The first-order valence-corrected chi connectivity index (χ1v) is 9.55. The van der Waals surface area contributed by atoms with Crippen LogP contribution in [0.1, 0.15) is 35.1 Å². The Morgan fingerprint density at radius 3 is 2.44 bits per heavy atom. The molecule has 4 rings (SSSR count). The zero-order chi connectivity index (χ0) is 19.0. The zero-order valence-corrected chi connectivity index (χ0v) is 16.3. The number of hydrogen-bond acceptors (Lipinski definition) is 4. The normalized spacial score (nSPS) is 14.8. The van der Waals surface area contributed by atoms with Gasteiger partial charge in [-0.3, -0.25) is 0 Å². The van der Waals surface area contributed by atoms with Crippen molar-refractivity contribution in [2.75, 3.05) is 11.1 Å². The topological polar surface area (TPSA) is 63.8 Å². The number of rotatable bonds is 5. The Labute approximate surface area is 164 Å². The number of nitrogens with one attached hydrogen (secondary N) is 1. The number of halogens is 1. The van der Waals surface area contributed by atoms with E-state index in [2.05, 4.69) is 53.4 Å². The highest BCUT2D eigenvalue weighted by Crippen LogP contribution is 2.52. The van der Waals surface area contributed by atoms with Crippen LogP contribution in [0.3, 0.4) is 0 Å². The minimum absolute atomic E-state index is 0.251. The van der Waals surface area contributed by atoms with Crippen molar-refractivity contribution in [3.8, 4) is 0 Å². The molecule has 0 aliphatic heterocycles. The van der Waals surface area contributed by atoms with E-state index in [9.17, 15) is 0 Å². The van der Waals surface area contributed by atoms with Crippen molar-refractivity contribution in [1.29, 1.82) is 0 Å². The molecule has 4 nitrogen and oxygen atoms in total. The molecule has 3 aromatic rings. The summed E-state index contributed by atoms with van der Waals surface area (Å²) in [6, 6.07) is 14.5. The number of anilines is 3. The quantitative estimate of drug-likeness (QED) is 0.628. The standard InChI is InChI=1S/C22H23ClN4/c1-14-15(2)19(26-20-9-12-25-21(24)27-20)8-7-18(14)22(10-11-22)13-16-3-5-17(23)6-4-16/h3-9,12H,10-11,13H2,1-2H3,(H3,24,25,26,27). The van der Waals surface area contributed by atoms with Gasteiger partial charge in [-0.25, -0.2) is 4.98 Å². The second-order valence-corrected chi connectivity index (χ2v) is 7.86. The number of nitrogen functional groups attached to an aromatic ring is 1. The molecule has 1 saturated carbocycles. The summed E-state index contributed by atoms with van der Waals surface area (Å²) >= 11 is 6.03. The van der Waals surface area contributed by atoms with Gasteiger partial charge in [0.25, 0.3) is 0 Å². The van der Waals surface area contributed by atoms with Gasteiger partial charge in [-0.05, 0) is 85.0 Å². The summed E-state index contributed by atoms with van der Waals surface area (Å²) in [7, 11) is 0. The minimum atomic E-state index is 0.251. The highest BCUT2D eigenvalue weighted by molar-refractivity contribution is 6.30. The molecule has 3 N–H and O–H groups in total. The first kappa shape index (κ1) is 17.8. The van der Waals surface area contributed by atoms with E-state index in [4.69, 9.17) is 17.3 Å². The molecule has 0 saturated heterocycles. The first-order chi connectivity index (χ1) is 13.0. The van der Waals surface area contributed by atoms with Gasteiger partial charge in [0.1, 0.15) is 5.82 Å². The fraction of sp³-hybridized carbons (Fsp3) is 0.273. The van der Waals surface area contributed by atoms with Crippen molar-refractivity contribution < 1.29 is 0 Å². The summed E-state index contributed by atoms with van der Waals surface area (Å²) in [6.07, 6.45) is 5.17. The molecule has 2 aromatic carbocycles. The largest absolute Gasteiger partial charge is 0.368 e. The van der Waals surface area contributed by atoms with E-state index in [1.165, 1.54) is 35.1 Å². The van der Waals surface area contributed by atoms with Gasteiger partial charge in [-0.15, -0.1) is 0 Å². The number of hydrogen-bond donors (Lipinski definition) is 2. The minimum Gasteiger partial charge on any atom is -0.368 e. The maximum Gasteiger partial charge on any atom is 0.221 e. The van der Waals surface area contributed by atoms with Crippen LogP contribution in [0.4, 0.5) is 17.5 Å². The third-order valence-corrected chi connectivity index (χ3v) is 5.86. The Morgan fingerprint density at radius 2 is 1.78 bits per heavy atom. The highest BCUT2D eigenvalue weighted by Gasteiger charge is 2.45. The van der Waals surface area contributed by atoms with Crippen LogP contribution in [0.15, 0.2) is 48.7 Å². The average Bonchev–Trinajstić information content (AvgIpc) is 3.41. The lowest BCUT2D eigenvalue weighted by Gasteiger charge is -2.22. The van der Waals surface area contributed by atoms with Crippen molar-refractivity contribution >= 4 is 29.1 Å². The van der Waals surface area contributed by atoms with Crippen LogP contribution in [0, 0.1) is 13.8 Å². The molecule has 27 heavy (non-hydrogen) atoms. The Kier molecular flexibility index (Phi) is 4.52. The van der Waals surface area contributed by atoms with Crippen molar-refractivity contribution in [3.63, 3.8) is 0 Å². The van der Waals surface area contributed by atoms with Crippen molar-refractivity contribution in [1.82, 2.24) is 9.97 Å². The Balaban J connectivity index is 1.61. The van der Waals surface area contributed by atoms with Crippen molar-refractivity contribution in [2.45, 2.75) is 38.5 Å². The van der Waals surface area contributed by atoms with Crippen LogP contribution in [0.25, 0.3) is 0 Å².